The first-order valence-electron chi connectivity index (χ1n) is 10.3. The van der Waals surface area contributed by atoms with Crippen LogP contribution in [0.4, 0.5) is 8.78 Å². The van der Waals surface area contributed by atoms with Gasteiger partial charge in [0.2, 0.25) is 5.11 Å². The van der Waals surface area contributed by atoms with Gasteiger partial charge in [-0.25, -0.2) is 13.5 Å². The molecule has 0 saturated carbocycles. The predicted octanol–water partition coefficient (Wildman–Crippen LogP) is 3.67. The van der Waals surface area contributed by atoms with Gasteiger partial charge < -0.3 is 9.47 Å². The van der Waals surface area contributed by atoms with E-state index in [1.807, 2.05) is 0 Å². The van der Waals surface area contributed by atoms with Crippen molar-refractivity contribution in [2.24, 2.45) is 9.85 Å². The summed E-state index contributed by atoms with van der Waals surface area (Å²) in [4.78, 5) is 0. The maximum atomic E-state index is 13.4. The van der Waals surface area contributed by atoms with Crippen molar-refractivity contribution in [1.29, 1.82) is 0 Å². The smallest absolute Gasteiger partial charge is 0.214 e. The average molecular weight is 474 g/mol. The van der Waals surface area contributed by atoms with Gasteiger partial charge in [0.25, 0.3) is 0 Å². The first-order chi connectivity index (χ1) is 14.7. The number of rotatable bonds is 4. The summed E-state index contributed by atoms with van der Waals surface area (Å²) in [6, 6.07) is 3.58. The van der Waals surface area contributed by atoms with E-state index in [1.165, 1.54) is 12.3 Å². The zero-order valence-corrected chi connectivity index (χ0v) is 19.9. The lowest BCUT2D eigenvalue weighted by molar-refractivity contribution is 0.0551. The molecule has 0 aliphatic carbocycles. The van der Waals surface area contributed by atoms with E-state index in [-0.39, 0.29) is 10.3 Å². The molecule has 0 aromatic heterocycles. The highest BCUT2D eigenvalue weighted by Gasteiger charge is 2.45. The molecule has 0 atom stereocenters. The van der Waals surface area contributed by atoms with E-state index in [2.05, 4.69) is 40.6 Å². The van der Waals surface area contributed by atoms with Gasteiger partial charge in [0.15, 0.2) is 11.6 Å². The Bertz CT molecular complexity index is 844. The van der Waals surface area contributed by atoms with Crippen molar-refractivity contribution in [3.8, 4) is 0 Å². The van der Waals surface area contributed by atoms with Crippen LogP contribution in [0.25, 0.3) is 0 Å². The molecule has 2 aliphatic heterocycles. The van der Waals surface area contributed by atoms with Crippen molar-refractivity contribution in [2.45, 2.75) is 25.9 Å². The number of ether oxygens (including phenoxy) is 2. The lowest BCUT2D eigenvalue weighted by Gasteiger charge is -2.52. The van der Waals surface area contributed by atoms with Gasteiger partial charge in [-0.2, -0.15) is 5.10 Å². The molecule has 3 rings (SSSR count). The number of nitrogens with one attached hydrogen (secondary N) is 1. The van der Waals surface area contributed by atoms with Crippen LogP contribution in [0.5, 0.6) is 0 Å². The van der Waals surface area contributed by atoms with Gasteiger partial charge in [-0.3, -0.25) is 14.8 Å². The fraction of sp³-hybridized carbons (Fsp3) is 0.600. The first kappa shape index (κ1) is 24.4. The lowest BCUT2D eigenvalue weighted by atomic mass is 10.2. The molecule has 1 N–H and O–H groups in total. The van der Waals surface area contributed by atoms with E-state index >= 15 is 0 Å². The van der Waals surface area contributed by atoms with Crippen LogP contribution in [0.3, 0.4) is 0 Å². The summed E-state index contributed by atoms with van der Waals surface area (Å²) >= 11 is 5.56. The molecule has 0 radical (unpaired) electrons. The molecular formula is C20H30F2N5O2PS. The predicted molar refractivity (Wildman–Crippen MR) is 124 cm³/mol. The standard InChI is InChI=1S/C20H30F2N5O2PS/c1-20(2,3)30(26-6-10-28-11-7-26,27-8-12-29-13-9-27)25-19(31)24-23-15-16-4-5-17(21)18(22)14-16/h4-5,14-15H,6-13H2,1-3H3,(H,24,31)/b23-15-. The summed E-state index contributed by atoms with van der Waals surface area (Å²) in [7, 11) is -2.27. The molecule has 0 spiro atoms. The van der Waals surface area contributed by atoms with Gasteiger partial charge in [0, 0.05) is 31.3 Å². The van der Waals surface area contributed by atoms with Crippen LogP contribution in [0.2, 0.25) is 0 Å². The number of hydrogen-bond donors (Lipinski definition) is 1. The van der Waals surface area contributed by atoms with Crippen LogP contribution in [-0.4, -0.2) is 78.4 Å². The molecule has 2 aliphatic rings. The van der Waals surface area contributed by atoms with Gasteiger partial charge in [-0.05, 0) is 29.9 Å². The normalized spacial score (nSPS) is 19.5. The molecule has 1 aromatic carbocycles. The van der Waals surface area contributed by atoms with Crippen LogP contribution in [-0.2, 0) is 9.47 Å². The van der Waals surface area contributed by atoms with Crippen LogP contribution in [0.1, 0.15) is 26.3 Å². The van der Waals surface area contributed by atoms with Crippen LogP contribution < -0.4 is 5.43 Å². The van der Waals surface area contributed by atoms with Crippen molar-refractivity contribution in [3.63, 3.8) is 0 Å². The van der Waals surface area contributed by atoms with Crippen molar-refractivity contribution >= 4 is 30.9 Å². The summed E-state index contributed by atoms with van der Waals surface area (Å²) in [5, 5.41) is 4.20. The SMILES string of the molecule is CC(C)(C)P(=NC(=S)N/N=C\c1ccc(F)c(F)c1)(N1CCOCC1)N1CCOCC1. The van der Waals surface area contributed by atoms with Gasteiger partial charge >= 0.3 is 0 Å². The van der Waals surface area contributed by atoms with Crippen LogP contribution >= 0.6 is 19.6 Å². The Kier molecular flexibility index (Phi) is 8.29. The van der Waals surface area contributed by atoms with E-state index in [9.17, 15) is 8.78 Å². The summed E-state index contributed by atoms with van der Waals surface area (Å²) in [6.07, 6.45) is 1.39. The summed E-state index contributed by atoms with van der Waals surface area (Å²) < 4.78 is 47.7. The average Bonchev–Trinajstić information content (AvgIpc) is 2.75. The number of thiocarbonyl (C=S) groups is 1. The maximum Gasteiger partial charge on any atom is 0.214 e. The third-order valence-corrected chi connectivity index (χ3v) is 10.2. The number of hydrogen-bond acceptors (Lipinski definition) is 4. The number of hydrazone groups is 1. The zero-order valence-electron chi connectivity index (χ0n) is 18.2. The zero-order chi connectivity index (χ0) is 22.5. The highest BCUT2D eigenvalue weighted by atomic mass is 32.1. The van der Waals surface area contributed by atoms with Crippen LogP contribution in [0, 0.1) is 11.6 Å². The van der Waals surface area contributed by atoms with Crippen LogP contribution in [0.15, 0.2) is 28.0 Å². The minimum absolute atomic E-state index is 0.169. The molecule has 172 valence electrons. The molecule has 2 saturated heterocycles. The highest BCUT2D eigenvalue weighted by Crippen LogP contribution is 2.66. The molecular weight excluding hydrogens is 443 g/mol. The second-order valence-corrected chi connectivity index (χ2v) is 12.5. The molecule has 2 fully saturated rings. The van der Waals surface area contributed by atoms with Gasteiger partial charge in [-0.1, -0.05) is 26.8 Å². The Labute approximate surface area is 187 Å². The molecule has 1 aromatic rings. The molecule has 0 bridgehead atoms. The van der Waals surface area contributed by atoms with Gasteiger partial charge in [0.05, 0.1) is 32.6 Å². The second kappa shape index (κ2) is 10.6. The van der Waals surface area contributed by atoms with Crippen molar-refractivity contribution < 1.29 is 18.3 Å². The number of morpholine rings is 2. The third-order valence-electron chi connectivity index (χ3n) is 5.21. The van der Waals surface area contributed by atoms with E-state index in [0.717, 1.165) is 38.3 Å². The summed E-state index contributed by atoms with van der Waals surface area (Å²) in [6.45, 7) is 12.4. The quantitative estimate of drug-likeness (QED) is 0.312. The Balaban J connectivity index is 1.90. The Morgan fingerprint density at radius 2 is 1.58 bits per heavy atom. The van der Waals surface area contributed by atoms with E-state index in [4.69, 9.17) is 26.4 Å². The molecule has 2 heterocycles. The molecule has 7 nitrogen and oxygen atoms in total. The Hall–Kier alpha value is -1.29. The maximum absolute atomic E-state index is 13.4. The molecule has 0 unspecified atom stereocenters. The topological polar surface area (TPSA) is 61.7 Å². The Morgan fingerprint density at radius 1 is 1.03 bits per heavy atom. The van der Waals surface area contributed by atoms with Crippen molar-refractivity contribution in [1.82, 2.24) is 14.8 Å². The van der Waals surface area contributed by atoms with E-state index in [0.29, 0.717) is 32.0 Å². The molecule has 31 heavy (non-hydrogen) atoms. The summed E-state index contributed by atoms with van der Waals surface area (Å²) in [5.41, 5.74) is 3.22. The first-order valence-corrected chi connectivity index (χ1v) is 12.4. The molecule has 11 heteroatoms. The number of benzene rings is 1. The summed E-state index contributed by atoms with van der Waals surface area (Å²) in [5.74, 6) is -1.82. The van der Waals surface area contributed by atoms with Gasteiger partial charge in [0.1, 0.15) is 7.36 Å². The van der Waals surface area contributed by atoms with Crippen molar-refractivity contribution in [3.05, 3.63) is 35.4 Å². The minimum atomic E-state index is -2.27. The third kappa shape index (κ3) is 5.74. The largest absolute Gasteiger partial charge is 0.379 e. The van der Waals surface area contributed by atoms with Gasteiger partial charge in [-0.15, -0.1) is 0 Å². The number of halogens is 2. The number of nitrogens with zero attached hydrogens (tertiary/aromatic N) is 4. The Morgan fingerprint density at radius 3 is 2.06 bits per heavy atom. The van der Waals surface area contributed by atoms with Crippen molar-refractivity contribution in [2.75, 3.05) is 52.6 Å². The van der Waals surface area contributed by atoms with E-state index in [1.54, 1.807) is 0 Å². The minimum Gasteiger partial charge on any atom is -0.379 e. The highest BCUT2D eigenvalue weighted by molar-refractivity contribution is 7.81. The monoisotopic (exact) mass is 473 g/mol. The van der Waals surface area contributed by atoms with E-state index < -0.39 is 19.0 Å². The lowest BCUT2D eigenvalue weighted by Crippen LogP contribution is -2.48. The second-order valence-electron chi connectivity index (χ2n) is 8.32. The fourth-order valence-corrected chi connectivity index (χ4v) is 8.62. The fourth-order valence-electron chi connectivity index (χ4n) is 3.87. The molecule has 0 amide bonds.